The number of nitrogens with zero attached hydrogens (tertiary/aromatic N) is 4. The van der Waals surface area contributed by atoms with Gasteiger partial charge in [0, 0.05) is 5.38 Å². The number of fused-ring (bicyclic) bond motifs is 1. The summed E-state index contributed by atoms with van der Waals surface area (Å²) in [5, 5.41) is 4.17. The number of aromatic nitrogens is 4. The fourth-order valence-electron chi connectivity index (χ4n) is 1.59. The monoisotopic (exact) mass is 306 g/mol. The normalized spacial score (nSPS) is 10.7. The lowest BCUT2D eigenvalue weighted by molar-refractivity contribution is 0.259. The molecule has 3 heterocycles. The predicted molar refractivity (Wildman–Crippen MR) is 76.7 cm³/mol. The first-order valence-electron chi connectivity index (χ1n) is 5.43. The van der Waals surface area contributed by atoms with Crippen molar-refractivity contribution in [3.8, 4) is 11.4 Å². The van der Waals surface area contributed by atoms with Crippen molar-refractivity contribution in [2.24, 2.45) is 5.73 Å². The third kappa shape index (κ3) is 2.51. The third-order valence-electron chi connectivity index (χ3n) is 2.40. The van der Waals surface area contributed by atoms with Gasteiger partial charge in [-0.1, -0.05) is 11.6 Å². The van der Waals surface area contributed by atoms with E-state index in [4.69, 9.17) is 17.3 Å². The molecule has 3 N–H and O–H groups in total. The number of hydrogen-bond donors (Lipinski definition) is 2. The second kappa shape index (κ2) is 4.99. The van der Waals surface area contributed by atoms with Crippen LogP contribution in [-0.4, -0.2) is 26.0 Å². The summed E-state index contributed by atoms with van der Waals surface area (Å²) in [4.78, 5) is 27.7. The van der Waals surface area contributed by atoms with Crippen LogP contribution in [0.25, 0.3) is 22.6 Å². The molecule has 0 spiro atoms. The topological polar surface area (TPSA) is 107 Å². The van der Waals surface area contributed by atoms with Gasteiger partial charge >= 0.3 is 6.03 Å². The van der Waals surface area contributed by atoms with Crippen LogP contribution in [0.3, 0.4) is 0 Å². The maximum Gasteiger partial charge on any atom is 0.317 e. The number of hydrogen-bond acceptors (Lipinski definition) is 6. The molecule has 7 nitrogen and oxygen atoms in total. The van der Waals surface area contributed by atoms with Crippen molar-refractivity contribution in [2.45, 2.75) is 0 Å². The standard InChI is InChI=1S/C11H7ClN6OS/c12-10-16-7(4-20-10)6-3-14-5-1-2-8(18-11(13)19)17-9(5)15-6/h1-4H,(H3,13,15,17,18,19). The summed E-state index contributed by atoms with van der Waals surface area (Å²) in [6, 6.07) is 2.60. The Morgan fingerprint density at radius 2 is 2.10 bits per heavy atom. The minimum atomic E-state index is -0.688. The Morgan fingerprint density at radius 3 is 2.80 bits per heavy atom. The highest BCUT2D eigenvalue weighted by atomic mass is 35.5. The van der Waals surface area contributed by atoms with Crippen LogP contribution in [0.1, 0.15) is 0 Å². The van der Waals surface area contributed by atoms with Crippen LogP contribution in [0.2, 0.25) is 4.47 Å². The van der Waals surface area contributed by atoms with E-state index in [9.17, 15) is 4.79 Å². The number of primary amides is 1. The van der Waals surface area contributed by atoms with Crippen molar-refractivity contribution < 1.29 is 4.79 Å². The van der Waals surface area contributed by atoms with E-state index in [1.165, 1.54) is 11.3 Å². The van der Waals surface area contributed by atoms with Gasteiger partial charge in [-0.3, -0.25) is 10.3 Å². The highest BCUT2D eigenvalue weighted by Crippen LogP contribution is 2.23. The van der Waals surface area contributed by atoms with E-state index in [1.54, 1.807) is 23.7 Å². The van der Waals surface area contributed by atoms with Gasteiger partial charge < -0.3 is 5.73 Å². The fraction of sp³-hybridized carbons (Fsp3) is 0. The van der Waals surface area contributed by atoms with Crippen LogP contribution < -0.4 is 11.1 Å². The molecule has 0 fully saturated rings. The zero-order chi connectivity index (χ0) is 14.1. The molecule has 0 aliphatic heterocycles. The molecule has 0 radical (unpaired) electrons. The van der Waals surface area contributed by atoms with E-state index in [2.05, 4.69) is 25.3 Å². The number of halogens is 1. The molecule has 3 aromatic heterocycles. The molecule has 9 heteroatoms. The Balaban J connectivity index is 2.06. The molecule has 0 bridgehead atoms. The minimum absolute atomic E-state index is 0.313. The lowest BCUT2D eigenvalue weighted by Crippen LogP contribution is -2.20. The molecule has 2 amide bonds. The van der Waals surface area contributed by atoms with Crippen molar-refractivity contribution in [1.29, 1.82) is 0 Å². The lowest BCUT2D eigenvalue weighted by atomic mass is 10.3. The van der Waals surface area contributed by atoms with Crippen LogP contribution in [0.4, 0.5) is 10.6 Å². The summed E-state index contributed by atoms with van der Waals surface area (Å²) < 4.78 is 0.430. The highest BCUT2D eigenvalue weighted by molar-refractivity contribution is 7.14. The summed E-state index contributed by atoms with van der Waals surface area (Å²) in [6.07, 6.45) is 1.59. The van der Waals surface area contributed by atoms with Gasteiger partial charge in [-0.15, -0.1) is 11.3 Å². The van der Waals surface area contributed by atoms with Gasteiger partial charge in [0.1, 0.15) is 22.7 Å². The van der Waals surface area contributed by atoms with Gasteiger partial charge in [-0.25, -0.2) is 19.7 Å². The molecular formula is C11H7ClN6OS. The number of thiazole rings is 1. The Bertz CT molecular complexity index is 804. The van der Waals surface area contributed by atoms with Gasteiger partial charge in [0.25, 0.3) is 0 Å². The molecule has 3 aromatic rings. The average Bonchev–Trinajstić information content (AvgIpc) is 2.84. The van der Waals surface area contributed by atoms with Gasteiger partial charge in [-0.2, -0.15) is 0 Å². The Morgan fingerprint density at radius 1 is 1.25 bits per heavy atom. The predicted octanol–water partition coefficient (Wildman–Crippen LogP) is 2.29. The zero-order valence-electron chi connectivity index (χ0n) is 9.87. The van der Waals surface area contributed by atoms with Crippen LogP contribution in [0.15, 0.2) is 23.7 Å². The first-order valence-corrected chi connectivity index (χ1v) is 6.69. The summed E-state index contributed by atoms with van der Waals surface area (Å²) >= 11 is 7.10. The number of carbonyl (C=O) groups is 1. The van der Waals surface area contributed by atoms with E-state index in [0.29, 0.717) is 32.8 Å². The van der Waals surface area contributed by atoms with E-state index in [-0.39, 0.29) is 0 Å². The molecule has 0 saturated heterocycles. The van der Waals surface area contributed by atoms with Gasteiger partial charge in [0.05, 0.1) is 6.20 Å². The molecule has 20 heavy (non-hydrogen) atoms. The second-order valence-electron chi connectivity index (χ2n) is 3.77. The van der Waals surface area contributed by atoms with Crippen molar-refractivity contribution in [3.63, 3.8) is 0 Å². The van der Waals surface area contributed by atoms with Crippen molar-refractivity contribution in [3.05, 3.63) is 28.2 Å². The Kier molecular flexibility index (Phi) is 3.17. The van der Waals surface area contributed by atoms with Crippen molar-refractivity contribution in [1.82, 2.24) is 19.9 Å². The number of rotatable bonds is 2. The van der Waals surface area contributed by atoms with Crippen LogP contribution in [-0.2, 0) is 0 Å². The first-order chi connectivity index (χ1) is 9.61. The van der Waals surface area contributed by atoms with Crippen LogP contribution in [0, 0.1) is 0 Å². The number of nitrogens with two attached hydrogens (primary N) is 1. The fourth-order valence-corrected chi connectivity index (χ4v) is 2.34. The molecule has 3 rings (SSSR count). The molecule has 0 unspecified atom stereocenters. The quantitative estimate of drug-likeness (QED) is 0.755. The number of anilines is 1. The van der Waals surface area contributed by atoms with Crippen LogP contribution >= 0.6 is 22.9 Å². The van der Waals surface area contributed by atoms with Crippen molar-refractivity contribution in [2.75, 3.05) is 5.32 Å². The van der Waals surface area contributed by atoms with Gasteiger partial charge in [-0.05, 0) is 12.1 Å². The first kappa shape index (κ1) is 12.7. The summed E-state index contributed by atoms with van der Waals surface area (Å²) in [5.41, 5.74) is 7.22. The lowest BCUT2D eigenvalue weighted by Gasteiger charge is -2.03. The maximum atomic E-state index is 10.8. The maximum absolute atomic E-state index is 10.8. The molecule has 0 atom stereocenters. The molecule has 0 aliphatic rings. The number of carbonyl (C=O) groups excluding carboxylic acids is 1. The van der Waals surface area contributed by atoms with Gasteiger partial charge in [0.2, 0.25) is 0 Å². The van der Waals surface area contributed by atoms with Crippen LogP contribution in [0.5, 0.6) is 0 Å². The largest absolute Gasteiger partial charge is 0.351 e. The van der Waals surface area contributed by atoms with E-state index in [1.807, 2.05) is 0 Å². The number of nitrogens with one attached hydrogen (secondary N) is 1. The van der Waals surface area contributed by atoms with Gasteiger partial charge in [0.15, 0.2) is 10.1 Å². The van der Waals surface area contributed by atoms with E-state index in [0.717, 1.165) is 0 Å². The smallest absolute Gasteiger partial charge is 0.317 e. The highest BCUT2D eigenvalue weighted by Gasteiger charge is 2.08. The molecule has 0 aromatic carbocycles. The molecular weight excluding hydrogens is 300 g/mol. The summed E-state index contributed by atoms with van der Waals surface area (Å²) in [6.45, 7) is 0. The minimum Gasteiger partial charge on any atom is -0.351 e. The molecule has 100 valence electrons. The summed E-state index contributed by atoms with van der Waals surface area (Å²) in [5.74, 6) is 0.313. The van der Waals surface area contributed by atoms with E-state index < -0.39 is 6.03 Å². The van der Waals surface area contributed by atoms with E-state index >= 15 is 0 Å². The number of amides is 2. The zero-order valence-corrected chi connectivity index (χ0v) is 11.4. The average molecular weight is 307 g/mol. The SMILES string of the molecule is NC(=O)Nc1ccc2ncc(-c3csc(Cl)n3)nc2n1. The van der Waals surface area contributed by atoms with Crippen molar-refractivity contribution >= 4 is 46.0 Å². The molecule has 0 saturated carbocycles. The number of urea groups is 1. The molecule has 0 aliphatic carbocycles. The Labute approximate surface area is 121 Å². The third-order valence-corrected chi connectivity index (χ3v) is 3.38. The summed E-state index contributed by atoms with van der Waals surface area (Å²) in [7, 11) is 0. The number of pyridine rings is 1. The Hall–Kier alpha value is -2.32. The second-order valence-corrected chi connectivity index (χ2v) is 5.21.